The predicted octanol–water partition coefficient (Wildman–Crippen LogP) is 1.88. The number of ether oxygens (including phenoxy) is 1. The lowest BCUT2D eigenvalue weighted by molar-refractivity contribution is -0.118. The maximum atomic E-state index is 10.9. The average Bonchev–Trinajstić information content (AvgIpc) is 1.98. The van der Waals surface area contributed by atoms with Gasteiger partial charge in [0.1, 0.15) is 5.76 Å². The van der Waals surface area contributed by atoms with E-state index in [1.807, 2.05) is 13.8 Å². The molecule has 0 radical (unpaired) electrons. The zero-order valence-electron chi connectivity index (χ0n) is 6.85. The Morgan fingerprint density at radius 1 is 1.55 bits per heavy atom. The lowest BCUT2D eigenvalue weighted by atomic mass is 9.95. The van der Waals surface area contributed by atoms with Crippen molar-refractivity contribution in [2.75, 3.05) is 0 Å². The summed E-state index contributed by atoms with van der Waals surface area (Å²) in [6, 6.07) is 0. The number of allylic oxidation sites excluding steroid dienone is 2. The van der Waals surface area contributed by atoms with Gasteiger partial charge >= 0.3 is 0 Å². The zero-order chi connectivity index (χ0) is 8.59. The molecule has 0 saturated carbocycles. The van der Waals surface area contributed by atoms with Gasteiger partial charge in [0, 0.05) is 5.57 Å². The Morgan fingerprint density at radius 3 is 2.45 bits per heavy atom. The van der Waals surface area contributed by atoms with E-state index in [0.29, 0.717) is 11.3 Å². The Hall–Kier alpha value is -0.500. The number of Topliss-reactive ketones (excluding diaryl/α,β-unsaturated/α-hetero) is 1. The van der Waals surface area contributed by atoms with Crippen LogP contribution in [-0.4, -0.2) is 17.3 Å². The van der Waals surface area contributed by atoms with Crippen molar-refractivity contribution >= 4 is 17.4 Å². The number of halogens is 1. The summed E-state index contributed by atoms with van der Waals surface area (Å²) >= 11 is 5.67. The standard InChI is InChI=1S/C8H11ClO2/c1-4(2)11-8-5(3)7(10)6(8)9/h4,6H,1-3H3. The highest BCUT2D eigenvalue weighted by Crippen LogP contribution is 2.30. The fourth-order valence-electron chi connectivity index (χ4n) is 0.945. The third-order valence-corrected chi connectivity index (χ3v) is 1.96. The summed E-state index contributed by atoms with van der Waals surface area (Å²) < 4.78 is 5.31. The van der Waals surface area contributed by atoms with E-state index >= 15 is 0 Å². The molecule has 0 N–H and O–H groups in total. The summed E-state index contributed by atoms with van der Waals surface area (Å²) in [6.45, 7) is 5.55. The molecule has 0 aliphatic heterocycles. The van der Waals surface area contributed by atoms with Gasteiger partial charge in [-0.25, -0.2) is 0 Å². The number of carbonyl (C=O) groups excluding carboxylic acids is 1. The Labute approximate surface area is 71.2 Å². The van der Waals surface area contributed by atoms with Crippen molar-refractivity contribution in [1.29, 1.82) is 0 Å². The largest absolute Gasteiger partial charge is 0.493 e. The van der Waals surface area contributed by atoms with Crippen molar-refractivity contribution in [3.05, 3.63) is 11.3 Å². The molecule has 3 heteroatoms. The number of ketones is 1. The van der Waals surface area contributed by atoms with Crippen LogP contribution in [0.3, 0.4) is 0 Å². The van der Waals surface area contributed by atoms with Crippen LogP contribution in [0.2, 0.25) is 0 Å². The summed E-state index contributed by atoms with van der Waals surface area (Å²) in [6.07, 6.45) is 0.0919. The summed E-state index contributed by atoms with van der Waals surface area (Å²) in [5.74, 6) is 0.633. The van der Waals surface area contributed by atoms with Crippen LogP contribution in [-0.2, 0) is 9.53 Å². The van der Waals surface area contributed by atoms with Crippen LogP contribution in [0.25, 0.3) is 0 Å². The van der Waals surface area contributed by atoms with Crippen molar-refractivity contribution < 1.29 is 9.53 Å². The van der Waals surface area contributed by atoms with Gasteiger partial charge in [-0.05, 0) is 20.8 Å². The average molecular weight is 175 g/mol. The van der Waals surface area contributed by atoms with Crippen molar-refractivity contribution in [3.63, 3.8) is 0 Å². The van der Waals surface area contributed by atoms with E-state index < -0.39 is 5.38 Å². The van der Waals surface area contributed by atoms with Crippen LogP contribution < -0.4 is 0 Å². The zero-order valence-corrected chi connectivity index (χ0v) is 7.61. The molecule has 0 heterocycles. The molecule has 62 valence electrons. The first-order chi connectivity index (χ1) is 5.04. The molecule has 2 nitrogen and oxygen atoms in total. The molecule has 11 heavy (non-hydrogen) atoms. The highest BCUT2D eigenvalue weighted by Gasteiger charge is 2.36. The summed E-state index contributed by atoms with van der Waals surface area (Å²) in [7, 11) is 0. The van der Waals surface area contributed by atoms with Crippen LogP contribution in [0.4, 0.5) is 0 Å². The Bertz CT molecular complexity index is 218. The lowest BCUT2D eigenvalue weighted by Crippen LogP contribution is -2.33. The van der Waals surface area contributed by atoms with Crippen LogP contribution in [0.5, 0.6) is 0 Å². The van der Waals surface area contributed by atoms with Crippen molar-refractivity contribution in [2.24, 2.45) is 0 Å². The fraction of sp³-hybridized carbons (Fsp3) is 0.625. The van der Waals surface area contributed by atoms with E-state index in [2.05, 4.69) is 0 Å². The van der Waals surface area contributed by atoms with Gasteiger partial charge < -0.3 is 4.74 Å². The van der Waals surface area contributed by atoms with Gasteiger partial charge in [-0.1, -0.05) is 0 Å². The highest BCUT2D eigenvalue weighted by molar-refractivity contribution is 6.39. The summed E-state index contributed by atoms with van der Waals surface area (Å²) in [5, 5.41) is -0.530. The quantitative estimate of drug-likeness (QED) is 0.598. The molecule has 0 saturated heterocycles. The topological polar surface area (TPSA) is 26.3 Å². The maximum Gasteiger partial charge on any atom is 0.187 e. The van der Waals surface area contributed by atoms with Gasteiger partial charge in [-0.3, -0.25) is 4.79 Å². The smallest absolute Gasteiger partial charge is 0.187 e. The Balaban J connectivity index is 2.67. The molecule has 1 unspecified atom stereocenters. The second-order valence-electron chi connectivity index (χ2n) is 2.88. The second kappa shape index (κ2) is 2.86. The van der Waals surface area contributed by atoms with Crippen molar-refractivity contribution in [3.8, 4) is 0 Å². The molecule has 1 aliphatic rings. The number of hydrogen-bond donors (Lipinski definition) is 0. The predicted molar refractivity (Wildman–Crippen MR) is 43.6 cm³/mol. The SMILES string of the molecule is CC1=C(OC(C)C)C(Cl)C1=O. The first-order valence-corrected chi connectivity index (χ1v) is 4.03. The van der Waals surface area contributed by atoms with Crippen LogP contribution >= 0.6 is 11.6 Å². The normalized spacial score (nSPS) is 24.1. The molecule has 0 fully saturated rings. The van der Waals surface area contributed by atoms with Crippen molar-refractivity contribution in [1.82, 2.24) is 0 Å². The van der Waals surface area contributed by atoms with Crippen LogP contribution in [0.15, 0.2) is 11.3 Å². The van der Waals surface area contributed by atoms with Crippen LogP contribution in [0, 0.1) is 0 Å². The Morgan fingerprint density at radius 2 is 2.09 bits per heavy atom. The fourth-order valence-corrected chi connectivity index (χ4v) is 1.32. The number of hydrogen-bond acceptors (Lipinski definition) is 2. The summed E-state index contributed by atoms with van der Waals surface area (Å²) in [4.78, 5) is 10.9. The minimum absolute atomic E-state index is 0.0117. The van der Waals surface area contributed by atoms with E-state index in [1.54, 1.807) is 6.92 Å². The second-order valence-corrected chi connectivity index (χ2v) is 3.32. The van der Waals surface area contributed by atoms with E-state index in [4.69, 9.17) is 16.3 Å². The third kappa shape index (κ3) is 1.41. The lowest BCUT2D eigenvalue weighted by Gasteiger charge is -2.26. The van der Waals surface area contributed by atoms with Gasteiger partial charge in [0.2, 0.25) is 0 Å². The minimum atomic E-state index is -0.530. The molecule has 0 bridgehead atoms. The molecule has 1 atom stereocenters. The molecule has 0 aromatic heterocycles. The van der Waals surface area contributed by atoms with E-state index in [-0.39, 0.29) is 11.9 Å². The first-order valence-electron chi connectivity index (χ1n) is 3.59. The molecule has 0 spiro atoms. The number of alkyl halides is 1. The van der Waals surface area contributed by atoms with Gasteiger partial charge in [-0.15, -0.1) is 11.6 Å². The molecular formula is C8H11ClO2. The van der Waals surface area contributed by atoms with E-state index in [9.17, 15) is 4.79 Å². The monoisotopic (exact) mass is 174 g/mol. The highest BCUT2D eigenvalue weighted by atomic mass is 35.5. The van der Waals surface area contributed by atoms with Gasteiger partial charge in [0.05, 0.1) is 6.10 Å². The Kier molecular flexibility index (Phi) is 2.23. The third-order valence-electron chi connectivity index (χ3n) is 1.56. The molecule has 0 amide bonds. The first kappa shape index (κ1) is 8.60. The summed E-state index contributed by atoms with van der Waals surface area (Å²) in [5.41, 5.74) is 0.665. The number of rotatable bonds is 2. The van der Waals surface area contributed by atoms with Crippen molar-refractivity contribution in [2.45, 2.75) is 32.3 Å². The molecule has 0 aromatic carbocycles. The van der Waals surface area contributed by atoms with E-state index in [1.165, 1.54) is 0 Å². The maximum absolute atomic E-state index is 10.9. The van der Waals surface area contributed by atoms with Crippen LogP contribution in [0.1, 0.15) is 20.8 Å². The molecule has 1 rings (SSSR count). The van der Waals surface area contributed by atoms with Gasteiger partial charge in [-0.2, -0.15) is 0 Å². The molecule has 1 aliphatic carbocycles. The van der Waals surface area contributed by atoms with Gasteiger partial charge in [0.15, 0.2) is 11.2 Å². The molecule has 0 aromatic rings. The molecular weight excluding hydrogens is 164 g/mol. The minimum Gasteiger partial charge on any atom is -0.493 e. The van der Waals surface area contributed by atoms with E-state index in [0.717, 1.165) is 0 Å². The number of carbonyl (C=O) groups is 1. The van der Waals surface area contributed by atoms with Gasteiger partial charge in [0.25, 0.3) is 0 Å².